The Balaban J connectivity index is 1.51. The van der Waals surface area contributed by atoms with Crippen LogP contribution in [0.15, 0.2) is 12.4 Å². The molecule has 0 spiro atoms. The molecule has 2 saturated heterocycles. The smallest absolute Gasteiger partial charge is 0.232 e. The van der Waals surface area contributed by atoms with Crippen LogP contribution in [-0.2, 0) is 11.3 Å². The zero-order valence-electron chi connectivity index (χ0n) is 13.4. The number of morpholine rings is 1. The first-order valence-electron chi connectivity index (χ1n) is 8.21. The van der Waals surface area contributed by atoms with Crippen molar-refractivity contribution in [3.05, 3.63) is 18.1 Å². The summed E-state index contributed by atoms with van der Waals surface area (Å²) in [7, 11) is 1.63. The standard InChI is InChI=1S/C16H26N4O2/c1-21-16-10-17-9-15(18-16)13-20-4-2-3-14(12-20)11-19-5-7-22-8-6-19/h9-10,14H,2-8,11-13H2,1H3/t14-/m1/s1. The third kappa shape index (κ3) is 4.38. The fourth-order valence-electron chi connectivity index (χ4n) is 3.38. The van der Waals surface area contributed by atoms with Gasteiger partial charge in [-0.3, -0.25) is 14.8 Å². The van der Waals surface area contributed by atoms with Gasteiger partial charge in [0, 0.05) is 38.9 Å². The lowest BCUT2D eigenvalue weighted by molar-refractivity contribution is 0.0223. The monoisotopic (exact) mass is 306 g/mol. The van der Waals surface area contributed by atoms with Gasteiger partial charge in [-0.05, 0) is 25.3 Å². The Kier molecular flexibility index (Phi) is 5.58. The quantitative estimate of drug-likeness (QED) is 0.810. The van der Waals surface area contributed by atoms with Crippen LogP contribution in [0.25, 0.3) is 0 Å². The molecular weight excluding hydrogens is 280 g/mol. The molecule has 0 saturated carbocycles. The SMILES string of the molecule is COc1cncc(CN2CCC[C@H](CN3CCOCC3)C2)n1. The molecule has 2 fully saturated rings. The van der Waals surface area contributed by atoms with E-state index in [9.17, 15) is 0 Å². The van der Waals surface area contributed by atoms with Gasteiger partial charge in [0.2, 0.25) is 5.88 Å². The van der Waals surface area contributed by atoms with Gasteiger partial charge < -0.3 is 9.47 Å². The van der Waals surface area contributed by atoms with Gasteiger partial charge in [-0.1, -0.05) is 0 Å². The molecule has 6 nitrogen and oxygen atoms in total. The highest BCUT2D eigenvalue weighted by Gasteiger charge is 2.23. The zero-order valence-corrected chi connectivity index (χ0v) is 13.4. The molecule has 0 radical (unpaired) electrons. The summed E-state index contributed by atoms with van der Waals surface area (Å²) >= 11 is 0. The van der Waals surface area contributed by atoms with E-state index in [1.54, 1.807) is 13.3 Å². The van der Waals surface area contributed by atoms with Crippen LogP contribution in [0.4, 0.5) is 0 Å². The zero-order chi connectivity index (χ0) is 15.2. The van der Waals surface area contributed by atoms with E-state index >= 15 is 0 Å². The Morgan fingerprint density at radius 3 is 2.91 bits per heavy atom. The number of ether oxygens (including phenoxy) is 2. The van der Waals surface area contributed by atoms with Crippen molar-refractivity contribution in [3.63, 3.8) is 0 Å². The lowest BCUT2D eigenvalue weighted by Gasteiger charge is -2.36. The Labute approximate surface area is 132 Å². The molecule has 2 aliphatic rings. The largest absolute Gasteiger partial charge is 0.480 e. The number of piperidine rings is 1. The van der Waals surface area contributed by atoms with Crippen molar-refractivity contribution in [2.24, 2.45) is 5.92 Å². The minimum atomic E-state index is 0.597. The number of aromatic nitrogens is 2. The van der Waals surface area contributed by atoms with Crippen LogP contribution >= 0.6 is 0 Å². The van der Waals surface area contributed by atoms with Crippen LogP contribution in [0.2, 0.25) is 0 Å². The molecule has 0 aromatic carbocycles. The Hall–Kier alpha value is -1.24. The van der Waals surface area contributed by atoms with Gasteiger partial charge in [0.15, 0.2) is 0 Å². The molecule has 0 N–H and O–H groups in total. The molecule has 6 heteroatoms. The number of hydrogen-bond acceptors (Lipinski definition) is 6. The van der Waals surface area contributed by atoms with Crippen molar-refractivity contribution in [1.82, 2.24) is 19.8 Å². The number of nitrogens with zero attached hydrogens (tertiary/aromatic N) is 4. The van der Waals surface area contributed by atoms with E-state index in [1.165, 1.54) is 19.4 Å². The molecule has 1 atom stereocenters. The van der Waals surface area contributed by atoms with Gasteiger partial charge in [-0.2, -0.15) is 0 Å². The number of hydrogen-bond donors (Lipinski definition) is 0. The first-order valence-corrected chi connectivity index (χ1v) is 8.21. The fraction of sp³-hybridized carbons (Fsp3) is 0.750. The topological polar surface area (TPSA) is 50.7 Å². The molecule has 2 aliphatic heterocycles. The summed E-state index contributed by atoms with van der Waals surface area (Å²) in [6.45, 7) is 8.30. The summed E-state index contributed by atoms with van der Waals surface area (Å²) in [4.78, 5) is 13.7. The highest BCUT2D eigenvalue weighted by Crippen LogP contribution is 2.20. The van der Waals surface area contributed by atoms with E-state index in [0.717, 1.165) is 57.5 Å². The predicted octanol–water partition coefficient (Wildman–Crippen LogP) is 1.03. The van der Waals surface area contributed by atoms with E-state index in [0.29, 0.717) is 5.88 Å². The van der Waals surface area contributed by atoms with Gasteiger partial charge in [-0.15, -0.1) is 0 Å². The maximum atomic E-state index is 5.43. The Morgan fingerprint density at radius 1 is 1.23 bits per heavy atom. The molecule has 3 rings (SSSR count). The second-order valence-electron chi connectivity index (χ2n) is 6.21. The van der Waals surface area contributed by atoms with Crippen molar-refractivity contribution in [2.45, 2.75) is 19.4 Å². The number of rotatable bonds is 5. The van der Waals surface area contributed by atoms with Crippen molar-refractivity contribution >= 4 is 0 Å². The van der Waals surface area contributed by atoms with Crippen LogP contribution in [0, 0.1) is 5.92 Å². The minimum Gasteiger partial charge on any atom is -0.480 e. The van der Waals surface area contributed by atoms with Crippen molar-refractivity contribution in [3.8, 4) is 5.88 Å². The predicted molar refractivity (Wildman–Crippen MR) is 83.8 cm³/mol. The van der Waals surface area contributed by atoms with Gasteiger partial charge in [0.25, 0.3) is 0 Å². The van der Waals surface area contributed by atoms with E-state index in [-0.39, 0.29) is 0 Å². The molecule has 1 aromatic heterocycles. The van der Waals surface area contributed by atoms with Crippen molar-refractivity contribution < 1.29 is 9.47 Å². The van der Waals surface area contributed by atoms with Crippen LogP contribution in [0.5, 0.6) is 5.88 Å². The average molecular weight is 306 g/mol. The minimum absolute atomic E-state index is 0.597. The van der Waals surface area contributed by atoms with Gasteiger partial charge in [-0.25, -0.2) is 4.98 Å². The van der Waals surface area contributed by atoms with E-state index < -0.39 is 0 Å². The molecule has 0 aliphatic carbocycles. The molecule has 1 aromatic rings. The first kappa shape index (κ1) is 15.6. The molecular formula is C16H26N4O2. The summed E-state index contributed by atoms with van der Waals surface area (Å²) in [5.74, 6) is 1.35. The maximum Gasteiger partial charge on any atom is 0.232 e. The van der Waals surface area contributed by atoms with E-state index in [2.05, 4.69) is 19.8 Å². The molecule has 0 bridgehead atoms. The summed E-state index contributed by atoms with van der Waals surface area (Å²) in [6, 6.07) is 0. The Morgan fingerprint density at radius 2 is 2.09 bits per heavy atom. The molecule has 0 amide bonds. The first-order chi connectivity index (χ1) is 10.8. The second-order valence-corrected chi connectivity index (χ2v) is 6.21. The maximum absolute atomic E-state index is 5.43. The van der Waals surface area contributed by atoms with Gasteiger partial charge in [0.1, 0.15) is 0 Å². The van der Waals surface area contributed by atoms with Crippen molar-refractivity contribution in [2.75, 3.05) is 53.0 Å². The van der Waals surface area contributed by atoms with E-state index in [1.807, 2.05) is 6.20 Å². The van der Waals surface area contributed by atoms with Crippen LogP contribution in [0.1, 0.15) is 18.5 Å². The van der Waals surface area contributed by atoms with Crippen LogP contribution in [0.3, 0.4) is 0 Å². The second kappa shape index (κ2) is 7.85. The van der Waals surface area contributed by atoms with Crippen LogP contribution in [-0.4, -0.2) is 72.8 Å². The number of likely N-dealkylation sites (tertiary alicyclic amines) is 1. The summed E-state index contributed by atoms with van der Waals surface area (Å²) in [6.07, 6.45) is 6.10. The van der Waals surface area contributed by atoms with Gasteiger partial charge >= 0.3 is 0 Å². The summed E-state index contributed by atoms with van der Waals surface area (Å²) in [5, 5.41) is 0. The van der Waals surface area contributed by atoms with Crippen LogP contribution < -0.4 is 4.74 Å². The summed E-state index contributed by atoms with van der Waals surface area (Å²) in [5.41, 5.74) is 0.992. The third-order valence-electron chi connectivity index (χ3n) is 4.48. The molecule has 0 unspecified atom stereocenters. The lowest BCUT2D eigenvalue weighted by atomic mass is 9.97. The third-order valence-corrected chi connectivity index (χ3v) is 4.48. The van der Waals surface area contributed by atoms with Crippen molar-refractivity contribution in [1.29, 1.82) is 0 Å². The Bertz CT molecular complexity index is 465. The van der Waals surface area contributed by atoms with Gasteiger partial charge in [0.05, 0.1) is 32.2 Å². The molecule has 122 valence electrons. The highest BCUT2D eigenvalue weighted by atomic mass is 16.5. The van der Waals surface area contributed by atoms with E-state index in [4.69, 9.17) is 9.47 Å². The average Bonchev–Trinajstić information content (AvgIpc) is 2.56. The molecule has 3 heterocycles. The summed E-state index contributed by atoms with van der Waals surface area (Å²) < 4.78 is 10.6. The number of methoxy groups -OCH3 is 1. The lowest BCUT2D eigenvalue weighted by Crippen LogP contribution is -2.44. The normalized spacial score (nSPS) is 24.3. The fourth-order valence-corrected chi connectivity index (χ4v) is 3.38. The molecule has 22 heavy (non-hydrogen) atoms. The highest BCUT2D eigenvalue weighted by molar-refractivity contribution is 5.08.